The number of nitrogens with zero attached hydrogens (tertiary/aromatic N) is 3. The van der Waals surface area contributed by atoms with Crippen molar-refractivity contribution in [2.24, 2.45) is 5.92 Å². The summed E-state index contributed by atoms with van der Waals surface area (Å²) in [7, 11) is 0. The highest BCUT2D eigenvalue weighted by atomic mass is 35.5. The number of likely N-dealkylation sites (tertiary alicyclic amines) is 1. The molecular formula is C21H24ClN3O3S. The normalized spacial score (nSPS) is 18.1. The minimum atomic E-state index is 0.00401. The number of carbonyl (C=O) groups is 2. The van der Waals surface area contributed by atoms with Crippen molar-refractivity contribution < 1.29 is 14.3 Å². The molecule has 0 aliphatic carbocycles. The Morgan fingerprint density at radius 1 is 1.07 bits per heavy atom. The number of aryl methyl sites for hydroxylation is 1. The Bertz CT molecular complexity index is 885. The molecule has 0 spiro atoms. The maximum atomic E-state index is 13.1. The molecule has 154 valence electrons. The van der Waals surface area contributed by atoms with E-state index in [0.29, 0.717) is 62.1 Å². The number of hydrogen-bond acceptors (Lipinski definition) is 5. The van der Waals surface area contributed by atoms with Crippen molar-refractivity contribution in [3.05, 3.63) is 39.9 Å². The Hall–Kier alpha value is -1.96. The van der Waals surface area contributed by atoms with Crippen LogP contribution in [0.2, 0.25) is 5.02 Å². The van der Waals surface area contributed by atoms with E-state index < -0.39 is 0 Å². The molecule has 0 N–H and O–H groups in total. The number of morpholine rings is 1. The Morgan fingerprint density at radius 2 is 1.72 bits per heavy atom. The van der Waals surface area contributed by atoms with E-state index in [1.54, 1.807) is 0 Å². The van der Waals surface area contributed by atoms with E-state index in [4.69, 9.17) is 16.3 Å². The first-order valence-corrected chi connectivity index (χ1v) is 11.1. The zero-order chi connectivity index (χ0) is 20.4. The highest BCUT2D eigenvalue weighted by Crippen LogP contribution is 2.31. The van der Waals surface area contributed by atoms with Gasteiger partial charge in [-0.05, 0) is 31.9 Å². The summed E-state index contributed by atoms with van der Waals surface area (Å²) in [4.78, 5) is 34.8. The van der Waals surface area contributed by atoms with E-state index in [1.807, 2.05) is 41.0 Å². The molecule has 2 aliphatic heterocycles. The second-order valence-electron chi connectivity index (χ2n) is 7.44. The van der Waals surface area contributed by atoms with Crippen LogP contribution in [0.4, 0.5) is 0 Å². The molecule has 0 radical (unpaired) electrons. The Morgan fingerprint density at radius 3 is 2.38 bits per heavy atom. The van der Waals surface area contributed by atoms with Crippen LogP contribution in [0.5, 0.6) is 0 Å². The molecule has 29 heavy (non-hydrogen) atoms. The van der Waals surface area contributed by atoms with E-state index >= 15 is 0 Å². The van der Waals surface area contributed by atoms with Crippen LogP contribution in [0, 0.1) is 12.8 Å². The first-order chi connectivity index (χ1) is 14.0. The maximum absolute atomic E-state index is 13.1. The Balaban J connectivity index is 1.39. The summed E-state index contributed by atoms with van der Waals surface area (Å²) >= 11 is 7.38. The summed E-state index contributed by atoms with van der Waals surface area (Å²) in [6, 6.07) is 7.48. The fourth-order valence-corrected chi connectivity index (χ4v) is 4.99. The number of ether oxygens (including phenoxy) is 1. The molecule has 2 aromatic rings. The summed E-state index contributed by atoms with van der Waals surface area (Å²) in [6.07, 6.45) is 1.42. The van der Waals surface area contributed by atoms with Crippen molar-refractivity contribution in [2.45, 2.75) is 19.8 Å². The summed E-state index contributed by atoms with van der Waals surface area (Å²) < 4.78 is 5.33. The monoisotopic (exact) mass is 433 g/mol. The SMILES string of the molecule is Cc1nc(-c2ccc(Cl)cc2)sc1C(=O)N1CCC(C(=O)N2CCOCC2)CC1. The molecule has 0 bridgehead atoms. The molecule has 1 aromatic heterocycles. The lowest BCUT2D eigenvalue weighted by Crippen LogP contribution is -2.47. The zero-order valence-corrected chi connectivity index (χ0v) is 18.0. The Labute approximate surface area is 179 Å². The molecule has 3 heterocycles. The first-order valence-electron chi connectivity index (χ1n) is 9.92. The fraction of sp³-hybridized carbons (Fsp3) is 0.476. The van der Waals surface area contributed by atoms with Gasteiger partial charge in [0.1, 0.15) is 9.88 Å². The van der Waals surface area contributed by atoms with Crippen LogP contribution >= 0.6 is 22.9 Å². The molecule has 4 rings (SSSR count). The van der Waals surface area contributed by atoms with Gasteiger partial charge in [-0.25, -0.2) is 4.98 Å². The maximum Gasteiger partial charge on any atom is 0.265 e. The third-order valence-electron chi connectivity index (χ3n) is 5.54. The topological polar surface area (TPSA) is 62.7 Å². The zero-order valence-electron chi connectivity index (χ0n) is 16.4. The van der Waals surface area contributed by atoms with Gasteiger partial charge in [0, 0.05) is 42.7 Å². The Kier molecular flexibility index (Phi) is 6.18. The van der Waals surface area contributed by atoms with Crippen LogP contribution in [0.1, 0.15) is 28.2 Å². The largest absolute Gasteiger partial charge is 0.378 e. The first kappa shape index (κ1) is 20.3. The fourth-order valence-electron chi connectivity index (χ4n) is 3.83. The average molecular weight is 434 g/mol. The van der Waals surface area contributed by atoms with Crippen LogP contribution in [-0.2, 0) is 9.53 Å². The van der Waals surface area contributed by atoms with Crippen LogP contribution in [0.3, 0.4) is 0 Å². The number of carbonyl (C=O) groups excluding carboxylic acids is 2. The average Bonchev–Trinajstić information content (AvgIpc) is 3.15. The molecule has 0 atom stereocenters. The molecule has 2 fully saturated rings. The van der Waals surface area contributed by atoms with Gasteiger partial charge in [0.05, 0.1) is 18.9 Å². The third kappa shape index (κ3) is 4.47. The molecule has 0 unspecified atom stereocenters. The minimum absolute atomic E-state index is 0.00401. The van der Waals surface area contributed by atoms with Gasteiger partial charge in [-0.15, -0.1) is 11.3 Å². The van der Waals surface area contributed by atoms with E-state index in [2.05, 4.69) is 4.98 Å². The summed E-state index contributed by atoms with van der Waals surface area (Å²) in [6.45, 7) is 5.66. The summed E-state index contributed by atoms with van der Waals surface area (Å²) in [5.74, 6) is 0.223. The number of thiazole rings is 1. The highest BCUT2D eigenvalue weighted by molar-refractivity contribution is 7.17. The number of amides is 2. The van der Waals surface area contributed by atoms with Crippen LogP contribution in [0.15, 0.2) is 24.3 Å². The third-order valence-corrected chi connectivity index (χ3v) is 6.98. The molecule has 0 saturated carbocycles. The molecule has 1 aromatic carbocycles. The van der Waals surface area contributed by atoms with Crippen LogP contribution < -0.4 is 0 Å². The van der Waals surface area contributed by atoms with Crippen molar-refractivity contribution >= 4 is 34.8 Å². The van der Waals surface area contributed by atoms with Crippen LogP contribution in [-0.4, -0.2) is 66.0 Å². The number of rotatable bonds is 3. The van der Waals surface area contributed by atoms with Crippen molar-refractivity contribution in [3.63, 3.8) is 0 Å². The van der Waals surface area contributed by atoms with Crippen molar-refractivity contribution in [1.29, 1.82) is 0 Å². The van der Waals surface area contributed by atoms with E-state index in [-0.39, 0.29) is 17.7 Å². The lowest BCUT2D eigenvalue weighted by Gasteiger charge is -2.35. The predicted molar refractivity (Wildman–Crippen MR) is 113 cm³/mol. The highest BCUT2D eigenvalue weighted by Gasteiger charge is 2.32. The molecule has 2 aliphatic rings. The summed E-state index contributed by atoms with van der Waals surface area (Å²) in [5.41, 5.74) is 1.70. The van der Waals surface area contributed by atoms with Gasteiger partial charge in [-0.1, -0.05) is 23.7 Å². The van der Waals surface area contributed by atoms with E-state index in [1.165, 1.54) is 11.3 Å². The van der Waals surface area contributed by atoms with Crippen molar-refractivity contribution in [3.8, 4) is 10.6 Å². The van der Waals surface area contributed by atoms with Gasteiger partial charge in [-0.3, -0.25) is 9.59 Å². The van der Waals surface area contributed by atoms with Crippen molar-refractivity contribution in [1.82, 2.24) is 14.8 Å². The predicted octanol–water partition coefficient (Wildman–Crippen LogP) is 3.48. The van der Waals surface area contributed by atoms with Gasteiger partial charge >= 0.3 is 0 Å². The van der Waals surface area contributed by atoms with E-state index in [0.717, 1.165) is 16.3 Å². The van der Waals surface area contributed by atoms with Gasteiger partial charge in [0.25, 0.3) is 5.91 Å². The quantitative estimate of drug-likeness (QED) is 0.743. The molecule has 2 saturated heterocycles. The number of halogens is 1. The lowest BCUT2D eigenvalue weighted by molar-refractivity contribution is -0.141. The second kappa shape index (κ2) is 8.81. The van der Waals surface area contributed by atoms with Gasteiger partial charge in [-0.2, -0.15) is 0 Å². The minimum Gasteiger partial charge on any atom is -0.378 e. The van der Waals surface area contributed by atoms with Gasteiger partial charge in [0.2, 0.25) is 5.91 Å². The number of aromatic nitrogens is 1. The number of hydrogen-bond donors (Lipinski definition) is 0. The summed E-state index contributed by atoms with van der Waals surface area (Å²) in [5, 5.41) is 1.49. The van der Waals surface area contributed by atoms with Crippen LogP contribution in [0.25, 0.3) is 10.6 Å². The van der Waals surface area contributed by atoms with E-state index in [9.17, 15) is 9.59 Å². The number of benzene rings is 1. The van der Waals surface area contributed by atoms with Gasteiger partial charge in [0.15, 0.2) is 0 Å². The number of piperidine rings is 1. The van der Waals surface area contributed by atoms with Gasteiger partial charge < -0.3 is 14.5 Å². The second-order valence-corrected chi connectivity index (χ2v) is 8.88. The molecular weight excluding hydrogens is 410 g/mol. The molecule has 6 nitrogen and oxygen atoms in total. The van der Waals surface area contributed by atoms with Crippen molar-refractivity contribution in [2.75, 3.05) is 39.4 Å². The lowest BCUT2D eigenvalue weighted by atomic mass is 9.95. The smallest absolute Gasteiger partial charge is 0.265 e. The standard InChI is InChI=1S/C21H24ClN3O3S/c1-14-18(29-19(23-14)15-2-4-17(22)5-3-15)21(27)24-8-6-16(7-9-24)20(26)25-10-12-28-13-11-25/h2-5,16H,6-13H2,1H3. The molecule has 8 heteroatoms. The molecule has 2 amide bonds.